The molecule has 35 heavy (non-hydrogen) atoms. The first-order valence-corrected chi connectivity index (χ1v) is 10.9. The van der Waals surface area contributed by atoms with Crippen LogP contribution in [0.2, 0.25) is 5.02 Å². The number of rotatable bonds is 8. The predicted octanol–water partition coefficient (Wildman–Crippen LogP) is 2.33. The van der Waals surface area contributed by atoms with Crippen molar-refractivity contribution in [3.05, 3.63) is 122 Å². The zero-order chi connectivity index (χ0) is 24.8. The summed E-state index contributed by atoms with van der Waals surface area (Å²) in [5, 5.41) is 20.1. The minimum atomic E-state index is -0.797. The van der Waals surface area contributed by atoms with Crippen LogP contribution in [-0.2, 0) is 13.1 Å². The summed E-state index contributed by atoms with van der Waals surface area (Å²) in [6.07, 6.45) is 1.32. The second kappa shape index (κ2) is 10.7. The lowest BCUT2D eigenvalue weighted by Crippen LogP contribution is -2.49. The Hall–Kier alpha value is -4.37. The summed E-state index contributed by atoms with van der Waals surface area (Å²) in [6, 6.07) is 20.8. The third-order valence-corrected chi connectivity index (χ3v) is 5.24. The number of aromatic amines is 1. The van der Waals surface area contributed by atoms with Crippen LogP contribution < -0.4 is 15.3 Å². The Morgan fingerprint density at radius 1 is 1.06 bits per heavy atom. The van der Waals surface area contributed by atoms with Crippen LogP contribution in [0.15, 0.2) is 93.8 Å². The Kier molecular flexibility index (Phi) is 7.27. The van der Waals surface area contributed by atoms with Gasteiger partial charge in [0.25, 0.3) is 5.69 Å². The number of nitrogens with one attached hydrogen (secondary N) is 1. The standard InChI is InChI=1S/C25H19ClFN5O3/c26-20-10-8-19(9-11-20)22(33)16-31-23(24(34)28-14-17-4-2-1-3-5-17)25(35)32(30-31)29-15-18-6-12-21(27)13-7-18/h1-13,15H,14,16H2,(H-,28,30,34,35)/b29-15+. The molecule has 3 aromatic carbocycles. The van der Waals surface area contributed by atoms with Crippen LogP contribution in [0.4, 0.5) is 4.39 Å². The molecular formula is C25H19ClFN5O3. The van der Waals surface area contributed by atoms with Crippen molar-refractivity contribution >= 4 is 29.5 Å². The van der Waals surface area contributed by atoms with Gasteiger partial charge in [-0.3, -0.25) is 9.79 Å². The van der Waals surface area contributed by atoms with Gasteiger partial charge in [-0.25, -0.2) is 9.18 Å². The number of carbonyl (C=O) groups excluding carboxylic acids is 1. The van der Waals surface area contributed by atoms with E-state index < -0.39 is 17.3 Å². The summed E-state index contributed by atoms with van der Waals surface area (Å²) in [6.45, 7) is -0.272. The molecule has 4 rings (SSSR count). The first-order valence-electron chi connectivity index (χ1n) is 10.5. The molecule has 0 aliphatic rings. The van der Waals surface area contributed by atoms with Gasteiger partial charge in [-0.2, -0.15) is 0 Å². The Morgan fingerprint density at radius 2 is 1.74 bits per heavy atom. The normalized spacial score (nSPS) is 11.8. The highest BCUT2D eigenvalue weighted by atomic mass is 35.5. The monoisotopic (exact) mass is 491 g/mol. The van der Waals surface area contributed by atoms with Gasteiger partial charge in [0.2, 0.25) is 5.78 Å². The van der Waals surface area contributed by atoms with Crippen molar-refractivity contribution in [1.82, 2.24) is 10.0 Å². The van der Waals surface area contributed by atoms with Crippen molar-refractivity contribution in [2.24, 2.45) is 10.1 Å². The lowest BCUT2D eigenvalue weighted by molar-refractivity contribution is -0.745. The van der Waals surface area contributed by atoms with Gasteiger partial charge in [-0.15, -0.1) is 4.68 Å². The average molecular weight is 492 g/mol. The molecule has 0 unspecified atom stereocenters. The SMILES string of the molecule is O=C(C[n+]1[nH]n(/N=C/c2ccc(F)cc2)c(=O)c1C([O-])=NCc1ccccc1)c1ccc(Cl)cc1. The van der Waals surface area contributed by atoms with Gasteiger partial charge in [0.1, 0.15) is 5.82 Å². The summed E-state index contributed by atoms with van der Waals surface area (Å²) in [7, 11) is 0. The Morgan fingerprint density at radius 3 is 2.43 bits per heavy atom. The Bertz CT molecular complexity index is 1440. The van der Waals surface area contributed by atoms with Gasteiger partial charge in [-0.1, -0.05) is 64.4 Å². The molecule has 0 bridgehead atoms. The lowest BCUT2D eigenvalue weighted by atomic mass is 10.1. The highest BCUT2D eigenvalue weighted by Crippen LogP contribution is 2.10. The number of H-pyrrole nitrogens is 1. The number of aliphatic imine (C=N–C) groups is 1. The van der Waals surface area contributed by atoms with Gasteiger partial charge in [0.05, 0.1) is 12.8 Å². The van der Waals surface area contributed by atoms with Gasteiger partial charge in [0.15, 0.2) is 6.54 Å². The van der Waals surface area contributed by atoms with Gasteiger partial charge in [0, 0.05) is 21.3 Å². The molecule has 0 spiro atoms. The Labute approximate surface area is 204 Å². The molecule has 0 amide bonds. The summed E-state index contributed by atoms with van der Waals surface area (Å²) >= 11 is 5.89. The average Bonchev–Trinajstić information content (AvgIpc) is 3.17. The number of carbonyl (C=O) groups is 1. The first kappa shape index (κ1) is 23.8. The van der Waals surface area contributed by atoms with Gasteiger partial charge in [-0.05, 0) is 47.5 Å². The third-order valence-electron chi connectivity index (χ3n) is 4.99. The molecule has 0 aliphatic carbocycles. The minimum absolute atomic E-state index is 0.0638. The molecule has 1 aromatic heterocycles. The van der Waals surface area contributed by atoms with Crippen LogP contribution in [0.3, 0.4) is 0 Å². The summed E-state index contributed by atoms with van der Waals surface area (Å²) in [5.74, 6) is -1.57. The molecule has 0 fully saturated rings. The van der Waals surface area contributed by atoms with Crippen LogP contribution >= 0.6 is 11.6 Å². The van der Waals surface area contributed by atoms with E-state index in [1.165, 1.54) is 30.5 Å². The minimum Gasteiger partial charge on any atom is -0.856 e. The van der Waals surface area contributed by atoms with Crippen molar-refractivity contribution in [2.45, 2.75) is 13.1 Å². The molecule has 1 heterocycles. The van der Waals surface area contributed by atoms with E-state index in [1.54, 1.807) is 36.4 Å². The number of ketones is 1. The predicted molar refractivity (Wildman–Crippen MR) is 127 cm³/mol. The van der Waals surface area contributed by atoms with Crippen molar-refractivity contribution in [3.63, 3.8) is 0 Å². The maximum absolute atomic E-state index is 13.1. The second-order valence-corrected chi connectivity index (χ2v) is 7.92. The van der Waals surface area contributed by atoms with Gasteiger partial charge >= 0.3 is 5.56 Å². The fraction of sp³-hybridized carbons (Fsp3) is 0.0800. The third kappa shape index (κ3) is 5.96. The molecule has 1 N–H and O–H groups in total. The molecule has 0 saturated carbocycles. The summed E-state index contributed by atoms with van der Waals surface area (Å²) < 4.78 is 14.3. The topological polar surface area (TPSA) is 107 Å². The number of halogens is 2. The van der Waals surface area contributed by atoms with Gasteiger partial charge < -0.3 is 5.11 Å². The van der Waals surface area contributed by atoms with Crippen molar-refractivity contribution in [1.29, 1.82) is 0 Å². The lowest BCUT2D eigenvalue weighted by Gasteiger charge is -2.07. The van der Waals surface area contributed by atoms with E-state index in [-0.39, 0.29) is 24.6 Å². The van der Waals surface area contributed by atoms with Crippen LogP contribution in [0.25, 0.3) is 0 Å². The quantitative estimate of drug-likeness (QED) is 0.177. The highest BCUT2D eigenvalue weighted by Gasteiger charge is 2.24. The van der Waals surface area contributed by atoms with Crippen molar-refractivity contribution in [2.75, 3.05) is 0 Å². The van der Waals surface area contributed by atoms with Crippen molar-refractivity contribution in [3.8, 4) is 0 Å². The maximum atomic E-state index is 13.1. The maximum Gasteiger partial charge on any atom is 0.427 e. The molecule has 4 aromatic rings. The number of aromatic nitrogens is 3. The van der Waals surface area contributed by atoms with E-state index in [0.29, 0.717) is 16.1 Å². The zero-order valence-electron chi connectivity index (χ0n) is 18.3. The molecule has 176 valence electrons. The number of hydrogen-bond donors (Lipinski definition) is 1. The summed E-state index contributed by atoms with van der Waals surface area (Å²) in [5.41, 5.74) is 0.534. The van der Waals surface area contributed by atoms with E-state index in [2.05, 4.69) is 15.3 Å². The molecular weight excluding hydrogens is 473 g/mol. The smallest absolute Gasteiger partial charge is 0.427 e. The highest BCUT2D eigenvalue weighted by molar-refractivity contribution is 6.30. The number of nitrogens with zero attached hydrogens (tertiary/aromatic N) is 4. The summed E-state index contributed by atoms with van der Waals surface area (Å²) in [4.78, 5) is 30.6. The largest absolute Gasteiger partial charge is 0.856 e. The van der Waals surface area contributed by atoms with E-state index in [9.17, 15) is 19.1 Å². The second-order valence-electron chi connectivity index (χ2n) is 7.48. The van der Waals surface area contributed by atoms with E-state index in [0.717, 1.165) is 15.0 Å². The van der Waals surface area contributed by atoms with Crippen LogP contribution in [0.5, 0.6) is 0 Å². The zero-order valence-corrected chi connectivity index (χ0v) is 19.0. The number of hydrogen-bond acceptors (Lipinski definition) is 5. The Balaban J connectivity index is 1.68. The van der Waals surface area contributed by atoms with Crippen LogP contribution in [0, 0.1) is 5.82 Å². The number of benzene rings is 3. The van der Waals surface area contributed by atoms with E-state index >= 15 is 0 Å². The molecule has 0 aliphatic heterocycles. The van der Waals surface area contributed by atoms with Crippen LogP contribution in [0.1, 0.15) is 27.2 Å². The van der Waals surface area contributed by atoms with E-state index in [4.69, 9.17) is 11.6 Å². The van der Waals surface area contributed by atoms with Crippen LogP contribution in [-0.4, -0.2) is 27.9 Å². The fourth-order valence-electron chi connectivity index (χ4n) is 3.19. The number of Topliss-reactive ketones (excluding diaryl/α,β-unsaturated/α-hetero) is 1. The molecule has 0 saturated heterocycles. The molecule has 0 atom stereocenters. The van der Waals surface area contributed by atoms with E-state index in [1.807, 2.05) is 18.2 Å². The fourth-order valence-corrected chi connectivity index (χ4v) is 3.32. The molecule has 8 nitrogen and oxygen atoms in total. The van der Waals surface area contributed by atoms with Crippen molar-refractivity contribution < 1.29 is 19.0 Å². The first-order chi connectivity index (χ1) is 16.9. The molecule has 10 heteroatoms. The molecule has 0 radical (unpaired) electrons.